The molecule has 0 amide bonds. The molecule has 0 radical (unpaired) electrons. The summed E-state index contributed by atoms with van der Waals surface area (Å²) in [7, 11) is 0. The Balaban J connectivity index is 2.80. The predicted octanol–water partition coefficient (Wildman–Crippen LogP) is 1.81. The number of hydrogen-bond donors (Lipinski definition) is 0. The zero-order valence-corrected chi connectivity index (χ0v) is 5.24. The molecule has 0 saturated carbocycles. The zero-order chi connectivity index (χ0) is 9.57. The van der Waals surface area contributed by atoms with Crippen LogP contribution < -0.4 is 0 Å². The van der Waals surface area contributed by atoms with Crippen molar-refractivity contribution in [1.82, 2.24) is 0 Å². The highest BCUT2D eigenvalue weighted by atomic mass is 19.3. The van der Waals surface area contributed by atoms with E-state index in [1.54, 1.807) is 0 Å². The first kappa shape index (κ1) is 9.59. The van der Waals surface area contributed by atoms with E-state index >= 15 is 0 Å². The van der Waals surface area contributed by atoms with Crippen molar-refractivity contribution < 1.29 is 35.8 Å². The monoisotopic (exact) mass is 196 g/mol. The van der Waals surface area contributed by atoms with E-state index in [4.69, 9.17) is 0 Å². The Morgan fingerprint density at radius 2 is 1.00 bits per heavy atom. The quantitative estimate of drug-likeness (QED) is 0.550. The molecule has 72 valence electrons. The van der Waals surface area contributed by atoms with Crippen LogP contribution in [-0.2, 0) is 9.47 Å². The molecule has 1 rings (SSSR count). The highest BCUT2D eigenvalue weighted by molar-refractivity contribution is 4.73. The van der Waals surface area contributed by atoms with Crippen LogP contribution in [0.25, 0.3) is 0 Å². The van der Waals surface area contributed by atoms with Crippen LogP contribution in [0.2, 0.25) is 0 Å². The van der Waals surface area contributed by atoms with Crippen LogP contribution in [-0.4, -0.2) is 24.9 Å². The molecule has 2 atom stereocenters. The molecule has 0 spiro atoms. The van der Waals surface area contributed by atoms with Gasteiger partial charge in [-0.25, -0.2) is 8.78 Å². The Hall–Kier alpha value is -0.500. The highest BCUT2D eigenvalue weighted by Gasteiger charge is 2.67. The Labute approximate surface area is 62.0 Å². The summed E-state index contributed by atoms with van der Waals surface area (Å²) in [5, 5.41) is 0. The summed E-state index contributed by atoms with van der Waals surface area (Å²) in [6.07, 6.45) is -16.7. The van der Waals surface area contributed by atoms with E-state index in [0.717, 1.165) is 0 Å². The SMILES string of the molecule is FC1OC(F)(F)C(F)(F)OC1F. The van der Waals surface area contributed by atoms with Gasteiger partial charge in [0.2, 0.25) is 0 Å². The first-order chi connectivity index (χ1) is 5.26. The van der Waals surface area contributed by atoms with Crippen LogP contribution in [0, 0.1) is 0 Å². The van der Waals surface area contributed by atoms with Gasteiger partial charge in [0.15, 0.2) is 0 Å². The first-order valence-corrected chi connectivity index (χ1v) is 2.66. The second kappa shape index (κ2) is 2.49. The molecule has 2 unspecified atom stereocenters. The molecule has 1 fully saturated rings. The van der Waals surface area contributed by atoms with E-state index in [0.29, 0.717) is 0 Å². The third-order valence-corrected chi connectivity index (χ3v) is 1.07. The summed E-state index contributed by atoms with van der Waals surface area (Å²) < 4.78 is 76.9. The molecule has 12 heavy (non-hydrogen) atoms. The van der Waals surface area contributed by atoms with Gasteiger partial charge in [-0.2, -0.15) is 17.6 Å². The van der Waals surface area contributed by atoms with Crippen LogP contribution in [0.3, 0.4) is 0 Å². The fourth-order valence-corrected chi connectivity index (χ4v) is 0.527. The Bertz CT molecular complexity index is 162. The first-order valence-electron chi connectivity index (χ1n) is 2.66. The van der Waals surface area contributed by atoms with Crippen LogP contribution in [0.1, 0.15) is 0 Å². The van der Waals surface area contributed by atoms with Crippen molar-refractivity contribution >= 4 is 0 Å². The fourth-order valence-electron chi connectivity index (χ4n) is 0.527. The number of rotatable bonds is 0. The topological polar surface area (TPSA) is 18.5 Å². The van der Waals surface area contributed by atoms with Crippen LogP contribution in [0.15, 0.2) is 0 Å². The lowest BCUT2D eigenvalue weighted by atomic mass is 10.5. The van der Waals surface area contributed by atoms with Crippen LogP contribution in [0.4, 0.5) is 26.3 Å². The van der Waals surface area contributed by atoms with Gasteiger partial charge >= 0.3 is 12.2 Å². The van der Waals surface area contributed by atoms with Gasteiger partial charge in [-0.05, 0) is 0 Å². The van der Waals surface area contributed by atoms with Gasteiger partial charge < -0.3 is 0 Å². The smallest absolute Gasteiger partial charge is 0.273 e. The summed E-state index contributed by atoms with van der Waals surface area (Å²) in [6.45, 7) is 0. The molecule has 0 aliphatic carbocycles. The zero-order valence-electron chi connectivity index (χ0n) is 5.24. The second-order valence-corrected chi connectivity index (χ2v) is 1.97. The molecule has 8 heteroatoms. The standard InChI is InChI=1S/C4H2F6O2/c5-1-2(6)12-4(9,10)3(7,8)11-1/h1-2H. The fraction of sp³-hybridized carbons (Fsp3) is 1.00. The minimum Gasteiger partial charge on any atom is -0.273 e. The molecule has 0 aromatic carbocycles. The largest absolute Gasteiger partial charge is 0.451 e. The normalized spacial score (nSPS) is 39.5. The molecule has 1 aliphatic rings. The second-order valence-electron chi connectivity index (χ2n) is 1.97. The average molecular weight is 196 g/mol. The third-order valence-electron chi connectivity index (χ3n) is 1.07. The van der Waals surface area contributed by atoms with E-state index in [9.17, 15) is 26.3 Å². The van der Waals surface area contributed by atoms with Crippen molar-refractivity contribution in [2.24, 2.45) is 0 Å². The van der Waals surface area contributed by atoms with E-state index in [-0.39, 0.29) is 0 Å². The molecule has 0 N–H and O–H groups in total. The lowest BCUT2D eigenvalue weighted by Crippen LogP contribution is -2.55. The highest BCUT2D eigenvalue weighted by Crippen LogP contribution is 2.43. The minimum absolute atomic E-state index is 2.75. The van der Waals surface area contributed by atoms with E-state index in [1.807, 2.05) is 0 Å². The van der Waals surface area contributed by atoms with E-state index < -0.39 is 24.9 Å². The molecular formula is C4H2F6O2. The summed E-state index contributed by atoms with van der Waals surface area (Å²) in [5.74, 6) is 0. The Kier molecular flexibility index (Phi) is 1.99. The maximum atomic E-state index is 11.9. The predicted molar refractivity (Wildman–Crippen MR) is 21.9 cm³/mol. The van der Waals surface area contributed by atoms with E-state index in [1.165, 1.54) is 0 Å². The van der Waals surface area contributed by atoms with Gasteiger partial charge in [0.25, 0.3) is 12.7 Å². The van der Waals surface area contributed by atoms with E-state index in [2.05, 4.69) is 9.47 Å². The van der Waals surface area contributed by atoms with Crippen molar-refractivity contribution in [2.75, 3.05) is 0 Å². The summed E-state index contributed by atoms with van der Waals surface area (Å²) in [4.78, 5) is 0. The minimum atomic E-state index is -5.14. The summed E-state index contributed by atoms with van der Waals surface area (Å²) in [5.41, 5.74) is 0. The van der Waals surface area contributed by atoms with Gasteiger partial charge in [-0.1, -0.05) is 0 Å². The van der Waals surface area contributed by atoms with Crippen molar-refractivity contribution in [3.8, 4) is 0 Å². The number of halogens is 6. The Morgan fingerprint density at radius 1 is 0.750 bits per heavy atom. The number of ether oxygens (including phenoxy) is 2. The average Bonchev–Trinajstić information content (AvgIpc) is 1.82. The molecule has 2 nitrogen and oxygen atoms in total. The maximum Gasteiger partial charge on any atom is 0.451 e. The van der Waals surface area contributed by atoms with Crippen molar-refractivity contribution in [3.05, 3.63) is 0 Å². The molecule has 0 bridgehead atoms. The van der Waals surface area contributed by atoms with Crippen LogP contribution >= 0.6 is 0 Å². The lowest BCUT2D eigenvalue weighted by Gasteiger charge is -2.33. The lowest BCUT2D eigenvalue weighted by molar-refractivity contribution is -0.514. The van der Waals surface area contributed by atoms with Crippen molar-refractivity contribution in [2.45, 2.75) is 24.9 Å². The molecule has 0 aromatic heterocycles. The number of alkyl halides is 6. The van der Waals surface area contributed by atoms with Gasteiger partial charge in [0.05, 0.1) is 0 Å². The summed E-state index contributed by atoms with van der Waals surface area (Å²) in [6, 6.07) is 0. The van der Waals surface area contributed by atoms with Crippen molar-refractivity contribution in [3.63, 3.8) is 0 Å². The van der Waals surface area contributed by atoms with Gasteiger partial charge in [-0.3, -0.25) is 9.47 Å². The molecule has 0 aromatic rings. The van der Waals surface area contributed by atoms with Crippen LogP contribution in [0.5, 0.6) is 0 Å². The van der Waals surface area contributed by atoms with Gasteiger partial charge in [-0.15, -0.1) is 0 Å². The molecule has 1 aliphatic heterocycles. The molecule has 1 saturated heterocycles. The Morgan fingerprint density at radius 3 is 1.25 bits per heavy atom. The molecule has 1 heterocycles. The maximum absolute atomic E-state index is 11.9. The molecular weight excluding hydrogens is 194 g/mol. The summed E-state index contributed by atoms with van der Waals surface area (Å²) >= 11 is 0. The van der Waals surface area contributed by atoms with Gasteiger partial charge in [0.1, 0.15) is 0 Å². The third kappa shape index (κ3) is 1.36. The van der Waals surface area contributed by atoms with Gasteiger partial charge in [0, 0.05) is 0 Å². The number of hydrogen-bond acceptors (Lipinski definition) is 2. The van der Waals surface area contributed by atoms with Crippen molar-refractivity contribution in [1.29, 1.82) is 0 Å².